The van der Waals surface area contributed by atoms with Gasteiger partial charge >= 0.3 is 23.2 Å². The van der Waals surface area contributed by atoms with Gasteiger partial charge in [0.25, 0.3) is 0 Å². The highest BCUT2D eigenvalue weighted by Crippen LogP contribution is 2.29. The molecule has 1 heterocycles. The normalized spacial score (nSPS) is 14.0. The minimum atomic E-state index is -1.15. The van der Waals surface area contributed by atoms with Gasteiger partial charge in [0.2, 0.25) is 5.91 Å². The van der Waals surface area contributed by atoms with Gasteiger partial charge in [-0.2, -0.15) is 0 Å². The first kappa shape index (κ1) is 40.5. The Kier molecular flexibility index (Phi) is 14.4. The van der Waals surface area contributed by atoms with Crippen molar-refractivity contribution in [3.05, 3.63) is 31.5 Å². The van der Waals surface area contributed by atoms with Crippen LogP contribution in [0.5, 0.6) is 0 Å². The largest absolute Gasteiger partial charge is 0.433 e. The predicted molar refractivity (Wildman–Crippen MR) is 184 cm³/mol. The quantitative estimate of drug-likeness (QED) is 0.157. The van der Waals surface area contributed by atoms with Gasteiger partial charge in [-0.1, -0.05) is 67.5 Å². The van der Waals surface area contributed by atoms with Crippen molar-refractivity contribution in [3.63, 3.8) is 0 Å². The Balaban J connectivity index is 3.60. The Hall–Kier alpha value is -3.51. The molecule has 2 N–H and O–H groups in total. The number of hydrogen-bond acceptors (Lipinski definition) is 8. The molecule has 0 aliphatic carbocycles. The molecule has 262 valence electrons. The molecule has 0 bridgehead atoms. The summed E-state index contributed by atoms with van der Waals surface area (Å²) in [5.41, 5.74) is -2.95. The van der Waals surface area contributed by atoms with E-state index in [4.69, 9.17) is 4.84 Å². The first-order valence-corrected chi connectivity index (χ1v) is 16.4. The van der Waals surface area contributed by atoms with Gasteiger partial charge < -0.3 is 10.6 Å². The van der Waals surface area contributed by atoms with E-state index in [-0.39, 0.29) is 36.6 Å². The smallest absolute Gasteiger partial charge is 0.334 e. The van der Waals surface area contributed by atoms with Gasteiger partial charge in [-0.15, -0.1) is 0 Å². The van der Waals surface area contributed by atoms with Crippen molar-refractivity contribution in [2.45, 2.75) is 140 Å². The lowest BCUT2D eigenvalue weighted by Crippen LogP contribution is -2.63. The van der Waals surface area contributed by atoms with Crippen LogP contribution in [0, 0.1) is 23.7 Å². The maximum atomic E-state index is 14.1. The van der Waals surface area contributed by atoms with Crippen LogP contribution in [0.25, 0.3) is 0 Å². The number of carbonyl (C=O) groups excluding carboxylic acids is 2. The van der Waals surface area contributed by atoms with E-state index in [2.05, 4.69) is 20.8 Å². The molecule has 1 aromatic rings. The van der Waals surface area contributed by atoms with E-state index >= 15 is 0 Å². The number of aromatic nitrogens is 3. The molecule has 0 saturated carbocycles. The highest BCUT2D eigenvalue weighted by Gasteiger charge is 2.38. The van der Waals surface area contributed by atoms with E-state index in [9.17, 15) is 24.0 Å². The van der Waals surface area contributed by atoms with E-state index in [0.29, 0.717) is 6.42 Å². The zero-order valence-corrected chi connectivity index (χ0v) is 30.8. The van der Waals surface area contributed by atoms with Crippen LogP contribution in [0.1, 0.15) is 129 Å². The van der Waals surface area contributed by atoms with E-state index < -0.39 is 52.4 Å². The van der Waals surface area contributed by atoms with Gasteiger partial charge in [-0.3, -0.25) is 14.6 Å². The SMILES string of the molecule is CCC(C)(CC(C)(C)NC(=O)ON=C(C(C)C)C(C)C)n1c(=O)n(C(C)C)c(=O)n(C(C)NC(=O)CN=C(C(C)C)C(C)C)c1=O. The molecule has 0 aromatic carbocycles. The number of carbonyl (C=O) groups is 2. The summed E-state index contributed by atoms with van der Waals surface area (Å²) in [5, 5.41) is 9.58. The summed E-state index contributed by atoms with van der Waals surface area (Å²) >= 11 is 0. The van der Waals surface area contributed by atoms with Gasteiger partial charge in [-0.25, -0.2) is 32.9 Å². The molecule has 2 amide bonds. The zero-order valence-electron chi connectivity index (χ0n) is 30.8. The zero-order chi connectivity index (χ0) is 35.9. The fraction of sp³-hybridized carbons (Fsp3) is 0.788. The molecule has 46 heavy (non-hydrogen) atoms. The number of amides is 2. The third-order valence-corrected chi connectivity index (χ3v) is 8.05. The summed E-state index contributed by atoms with van der Waals surface area (Å²) in [5.74, 6) is 0.0356. The fourth-order valence-electron chi connectivity index (χ4n) is 5.98. The third kappa shape index (κ3) is 10.2. The van der Waals surface area contributed by atoms with Crippen molar-refractivity contribution < 1.29 is 14.4 Å². The fourth-order valence-corrected chi connectivity index (χ4v) is 5.98. The Morgan fingerprint density at radius 1 is 0.761 bits per heavy atom. The van der Waals surface area contributed by atoms with Crippen LogP contribution in [0.15, 0.2) is 24.5 Å². The van der Waals surface area contributed by atoms with Crippen LogP contribution in [0.4, 0.5) is 4.79 Å². The van der Waals surface area contributed by atoms with Crippen LogP contribution in [0.2, 0.25) is 0 Å². The summed E-state index contributed by atoms with van der Waals surface area (Å²) < 4.78 is 2.97. The van der Waals surface area contributed by atoms with E-state index in [1.54, 1.807) is 34.6 Å². The van der Waals surface area contributed by atoms with Crippen LogP contribution >= 0.6 is 0 Å². The monoisotopic (exact) mass is 649 g/mol. The van der Waals surface area contributed by atoms with Crippen LogP contribution in [0.3, 0.4) is 0 Å². The number of oxime groups is 1. The summed E-state index contributed by atoms with van der Waals surface area (Å²) in [7, 11) is 0. The standard InChI is InChI=1S/C33H59N7O6/c1-16-33(15,18-32(13,14)36-28(42)46-37-27(21(6)7)22(8)9)40-30(44)38(23(10)11)29(43)39(31(40)45)24(12)35-25(41)17-34-26(19(2)3)20(4)5/h19-24H,16-18H2,1-15H3,(H,35,41)(H,36,42). The number of hydrogen-bond donors (Lipinski definition) is 2. The molecule has 13 nitrogen and oxygen atoms in total. The van der Waals surface area contributed by atoms with Crippen molar-refractivity contribution in [3.8, 4) is 0 Å². The molecule has 2 atom stereocenters. The second kappa shape index (κ2) is 16.4. The number of nitrogens with one attached hydrogen (secondary N) is 2. The van der Waals surface area contributed by atoms with Crippen LogP contribution in [-0.2, 0) is 15.2 Å². The van der Waals surface area contributed by atoms with Gasteiger partial charge in [0.05, 0.1) is 11.3 Å². The molecule has 0 aliphatic heterocycles. The molecular formula is C33H59N7O6. The van der Waals surface area contributed by atoms with E-state index in [1.165, 1.54) is 6.92 Å². The Labute approximate surface area is 273 Å². The number of nitrogens with zero attached hydrogens (tertiary/aromatic N) is 5. The minimum Gasteiger partial charge on any atom is -0.334 e. The van der Waals surface area contributed by atoms with Crippen molar-refractivity contribution in [2.24, 2.45) is 33.8 Å². The lowest BCUT2D eigenvalue weighted by molar-refractivity contribution is -0.120. The van der Waals surface area contributed by atoms with Gasteiger partial charge in [0.15, 0.2) is 0 Å². The van der Waals surface area contributed by atoms with Gasteiger partial charge in [0.1, 0.15) is 12.7 Å². The number of rotatable bonds is 15. The molecule has 0 aliphatic rings. The second-order valence-corrected chi connectivity index (χ2v) is 14.6. The summed E-state index contributed by atoms with van der Waals surface area (Å²) in [6, 6.07) is -0.582. The Morgan fingerprint density at radius 3 is 1.67 bits per heavy atom. The Bertz CT molecular complexity index is 1440. The molecule has 0 fully saturated rings. The molecule has 0 radical (unpaired) electrons. The minimum absolute atomic E-state index is 0.0901. The molecule has 1 aromatic heterocycles. The number of aliphatic imine (C=N–C) groups is 1. The molecular weight excluding hydrogens is 590 g/mol. The molecule has 1 rings (SSSR count). The maximum absolute atomic E-state index is 14.1. The van der Waals surface area contributed by atoms with Crippen molar-refractivity contribution in [2.75, 3.05) is 6.54 Å². The average Bonchev–Trinajstić information content (AvgIpc) is 2.86. The third-order valence-electron chi connectivity index (χ3n) is 8.05. The van der Waals surface area contributed by atoms with Crippen LogP contribution < -0.4 is 27.7 Å². The van der Waals surface area contributed by atoms with Crippen molar-refractivity contribution in [1.82, 2.24) is 24.3 Å². The first-order valence-electron chi connectivity index (χ1n) is 16.4. The van der Waals surface area contributed by atoms with Gasteiger partial charge in [-0.05, 0) is 78.1 Å². The van der Waals surface area contributed by atoms with E-state index in [0.717, 1.165) is 25.1 Å². The lowest BCUT2D eigenvalue weighted by Gasteiger charge is -2.38. The van der Waals surface area contributed by atoms with Crippen molar-refractivity contribution >= 4 is 23.4 Å². The van der Waals surface area contributed by atoms with Crippen molar-refractivity contribution in [1.29, 1.82) is 0 Å². The molecule has 2 unspecified atom stereocenters. The van der Waals surface area contributed by atoms with Gasteiger partial charge in [0, 0.05) is 17.3 Å². The average molecular weight is 650 g/mol. The van der Waals surface area contributed by atoms with Crippen LogP contribution in [-0.4, -0.2) is 49.2 Å². The predicted octanol–water partition coefficient (Wildman–Crippen LogP) is 4.83. The summed E-state index contributed by atoms with van der Waals surface area (Å²) in [6.07, 6.45) is -1.40. The maximum Gasteiger partial charge on any atom is 0.433 e. The highest BCUT2D eigenvalue weighted by molar-refractivity contribution is 5.90. The Morgan fingerprint density at radius 2 is 1.24 bits per heavy atom. The molecule has 13 heteroatoms. The molecule has 0 spiro atoms. The first-order chi connectivity index (χ1) is 21.0. The highest BCUT2D eigenvalue weighted by atomic mass is 16.7. The summed E-state index contributed by atoms with van der Waals surface area (Å²) in [4.78, 5) is 76.9. The lowest BCUT2D eigenvalue weighted by atomic mass is 9.83. The summed E-state index contributed by atoms with van der Waals surface area (Å²) in [6.45, 7) is 27.6. The topological polar surface area (TPSA) is 158 Å². The second-order valence-electron chi connectivity index (χ2n) is 14.6. The molecule has 0 saturated heterocycles. The van der Waals surface area contributed by atoms with E-state index in [1.807, 2.05) is 62.3 Å².